The highest BCUT2D eigenvalue weighted by atomic mass is 32.1. The van der Waals surface area contributed by atoms with Crippen LogP contribution in [0.3, 0.4) is 0 Å². The molecule has 0 amide bonds. The molecule has 4 aromatic rings. The number of aryl methyl sites for hydroxylation is 1. The molecule has 9 heteroatoms. The van der Waals surface area contributed by atoms with Crippen molar-refractivity contribution in [2.45, 2.75) is 46.1 Å². The summed E-state index contributed by atoms with van der Waals surface area (Å²) in [6, 6.07) is 11.5. The minimum Gasteiger partial charge on any atom is -0.444 e. The van der Waals surface area contributed by atoms with Crippen molar-refractivity contribution < 1.29 is 9.15 Å². The molecule has 164 valence electrons. The Morgan fingerprint density at radius 1 is 1.22 bits per heavy atom. The zero-order valence-corrected chi connectivity index (χ0v) is 18.8. The molecule has 0 saturated heterocycles. The summed E-state index contributed by atoms with van der Waals surface area (Å²) in [7, 11) is 0. The quantitative estimate of drug-likeness (QED) is 0.423. The molecule has 8 nitrogen and oxygen atoms in total. The van der Waals surface area contributed by atoms with Gasteiger partial charge in [-0.25, -0.2) is 14.3 Å². The molecule has 0 spiro atoms. The van der Waals surface area contributed by atoms with E-state index in [-0.39, 0.29) is 19.2 Å². The Labute approximate surface area is 187 Å². The van der Waals surface area contributed by atoms with Gasteiger partial charge in [-0.1, -0.05) is 30.3 Å². The van der Waals surface area contributed by atoms with E-state index in [9.17, 15) is 14.9 Å². The highest BCUT2D eigenvalue weighted by molar-refractivity contribution is 7.19. The average Bonchev–Trinajstić information content (AvgIpc) is 3.41. The number of fused-ring (bicyclic) bond motifs is 1. The van der Waals surface area contributed by atoms with Gasteiger partial charge in [0.1, 0.15) is 23.7 Å². The van der Waals surface area contributed by atoms with Crippen molar-refractivity contribution >= 4 is 21.6 Å². The van der Waals surface area contributed by atoms with Crippen LogP contribution in [-0.2, 0) is 17.8 Å². The monoisotopic (exact) mass is 450 g/mol. The van der Waals surface area contributed by atoms with E-state index in [1.54, 1.807) is 0 Å². The van der Waals surface area contributed by atoms with E-state index >= 15 is 0 Å². The number of aromatic nitrogens is 3. The van der Waals surface area contributed by atoms with Crippen LogP contribution in [0.5, 0.6) is 0 Å². The number of hydrogen-bond donors (Lipinski definition) is 0. The van der Waals surface area contributed by atoms with Gasteiger partial charge < -0.3 is 9.15 Å². The Kier molecular flexibility index (Phi) is 6.08. The third kappa shape index (κ3) is 3.90. The number of nitrogens with zero attached hydrogens (tertiary/aromatic N) is 4. The van der Waals surface area contributed by atoms with E-state index in [1.165, 1.54) is 28.4 Å². The Balaban J connectivity index is 1.98. The molecule has 0 aliphatic heterocycles. The SMILES string of the molecule is Cc1sc2c(c1-c1ncco1)c(=O)n(CC#N)c(=O)n2C[C@H](OC(C)C)c1ccccc1. The molecule has 4 rings (SSSR count). The normalized spacial score (nSPS) is 12.3. The molecule has 1 aromatic carbocycles. The van der Waals surface area contributed by atoms with Gasteiger partial charge in [0.15, 0.2) is 0 Å². The summed E-state index contributed by atoms with van der Waals surface area (Å²) in [4.78, 5) is 32.1. The summed E-state index contributed by atoms with van der Waals surface area (Å²) in [6.45, 7) is 5.55. The molecule has 0 N–H and O–H groups in total. The van der Waals surface area contributed by atoms with Crippen LogP contribution in [0.4, 0.5) is 0 Å². The van der Waals surface area contributed by atoms with Gasteiger partial charge in [-0.2, -0.15) is 5.26 Å². The first-order valence-corrected chi connectivity index (χ1v) is 11.0. The summed E-state index contributed by atoms with van der Waals surface area (Å²) >= 11 is 1.33. The van der Waals surface area contributed by atoms with E-state index in [2.05, 4.69) is 4.98 Å². The molecule has 0 aliphatic carbocycles. The molecular formula is C23H22N4O4S. The zero-order chi connectivity index (χ0) is 22.8. The van der Waals surface area contributed by atoms with Crippen LogP contribution in [0.15, 0.2) is 56.8 Å². The summed E-state index contributed by atoms with van der Waals surface area (Å²) in [6.07, 6.45) is 2.44. The topological polar surface area (TPSA) is 103 Å². The van der Waals surface area contributed by atoms with Crippen LogP contribution in [0.2, 0.25) is 0 Å². The summed E-state index contributed by atoms with van der Waals surface area (Å²) in [5.74, 6) is 0.303. The standard InChI is InChI=1S/C23H22N4O4S/c1-14(2)31-17(16-7-5-4-6-8-16)13-27-22-19(21(28)26(11-9-24)23(27)29)18(15(3)32-22)20-25-10-12-30-20/h4-8,10,12,14,17H,11,13H2,1-3H3/t17-/m0/s1. The van der Waals surface area contributed by atoms with Gasteiger partial charge >= 0.3 is 5.69 Å². The fraction of sp³-hybridized carbons (Fsp3) is 0.304. The molecular weight excluding hydrogens is 428 g/mol. The highest BCUT2D eigenvalue weighted by Gasteiger charge is 2.25. The van der Waals surface area contributed by atoms with Crippen molar-refractivity contribution in [2.75, 3.05) is 0 Å². The highest BCUT2D eigenvalue weighted by Crippen LogP contribution is 2.36. The molecule has 0 aliphatic rings. The minimum absolute atomic E-state index is 0.0793. The van der Waals surface area contributed by atoms with E-state index < -0.39 is 17.4 Å². The lowest BCUT2D eigenvalue weighted by Gasteiger charge is -2.22. The van der Waals surface area contributed by atoms with Crippen molar-refractivity contribution in [3.05, 3.63) is 74.1 Å². The summed E-state index contributed by atoms with van der Waals surface area (Å²) in [5, 5.41) is 9.58. The number of nitriles is 1. The number of ether oxygens (including phenoxy) is 1. The fourth-order valence-corrected chi connectivity index (χ4v) is 4.87. The van der Waals surface area contributed by atoms with Gasteiger partial charge in [0.2, 0.25) is 5.89 Å². The minimum atomic E-state index is -0.544. The summed E-state index contributed by atoms with van der Waals surface area (Å²) < 4.78 is 14.1. The zero-order valence-electron chi connectivity index (χ0n) is 17.9. The van der Waals surface area contributed by atoms with Gasteiger partial charge in [-0.15, -0.1) is 11.3 Å². The van der Waals surface area contributed by atoms with Crippen molar-refractivity contribution in [1.82, 2.24) is 14.1 Å². The lowest BCUT2D eigenvalue weighted by atomic mass is 10.1. The third-order valence-electron chi connectivity index (χ3n) is 5.06. The van der Waals surface area contributed by atoms with Crippen LogP contribution in [0.25, 0.3) is 21.7 Å². The van der Waals surface area contributed by atoms with Crippen molar-refractivity contribution in [2.24, 2.45) is 0 Å². The van der Waals surface area contributed by atoms with E-state index in [0.29, 0.717) is 21.7 Å². The van der Waals surface area contributed by atoms with Crippen molar-refractivity contribution in [3.63, 3.8) is 0 Å². The predicted octanol–water partition coefficient (Wildman–Crippen LogP) is 3.88. The first-order valence-electron chi connectivity index (χ1n) is 10.2. The largest absolute Gasteiger partial charge is 0.444 e. The van der Waals surface area contributed by atoms with Gasteiger partial charge in [0.05, 0.1) is 35.9 Å². The van der Waals surface area contributed by atoms with Crippen LogP contribution >= 0.6 is 11.3 Å². The third-order valence-corrected chi connectivity index (χ3v) is 6.19. The molecule has 0 bridgehead atoms. The molecule has 0 unspecified atom stereocenters. The van der Waals surface area contributed by atoms with Gasteiger partial charge in [-0.3, -0.25) is 9.36 Å². The molecule has 0 saturated carbocycles. The maximum absolute atomic E-state index is 13.3. The smallest absolute Gasteiger partial charge is 0.333 e. The summed E-state index contributed by atoms with van der Waals surface area (Å²) in [5.41, 5.74) is 0.390. The molecule has 0 radical (unpaired) electrons. The fourth-order valence-electron chi connectivity index (χ4n) is 3.74. The second kappa shape index (κ2) is 8.94. The molecule has 1 atom stereocenters. The Bertz CT molecular complexity index is 1390. The molecule has 3 aromatic heterocycles. The number of thiophene rings is 1. The second-order valence-electron chi connectivity index (χ2n) is 7.58. The Morgan fingerprint density at radius 3 is 2.59 bits per heavy atom. The average molecular weight is 451 g/mol. The number of hydrogen-bond acceptors (Lipinski definition) is 7. The van der Waals surface area contributed by atoms with Crippen molar-refractivity contribution in [3.8, 4) is 17.5 Å². The molecule has 0 fully saturated rings. The maximum atomic E-state index is 13.3. The van der Waals surface area contributed by atoms with E-state index in [1.807, 2.05) is 57.2 Å². The van der Waals surface area contributed by atoms with Crippen LogP contribution in [0, 0.1) is 18.3 Å². The van der Waals surface area contributed by atoms with Crippen LogP contribution in [0.1, 0.15) is 30.4 Å². The number of oxazole rings is 1. The molecule has 32 heavy (non-hydrogen) atoms. The van der Waals surface area contributed by atoms with Gasteiger partial charge in [0.25, 0.3) is 5.56 Å². The predicted molar refractivity (Wildman–Crippen MR) is 122 cm³/mol. The van der Waals surface area contributed by atoms with Gasteiger partial charge in [-0.05, 0) is 26.3 Å². The van der Waals surface area contributed by atoms with Crippen LogP contribution in [-0.4, -0.2) is 20.2 Å². The maximum Gasteiger partial charge on any atom is 0.333 e. The second-order valence-corrected chi connectivity index (χ2v) is 8.78. The lowest BCUT2D eigenvalue weighted by molar-refractivity contribution is -0.00336. The Hall–Kier alpha value is -3.48. The van der Waals surface area contributed by atoms with Crippen LogP contribution < -0.4 is 11.2 Å². The Morgan fingerprint density at radius 2 is 1.97 bits per heavy atom. The van der Waals surface area contributed by atoms with Crippen molar-refractivity contribution in [1.29, 1.82) is 5.26 Å². The molecule has 3 heterocycles. The van der Waals surface area contributed by atoms with E-state index in [0.717, 1.165) is 15.0 Å². The number of rotatable bonds is 7. The first kappa shape index (κ1) is 21.7. The first-order chi connectivity index (χ1) is 15.4. The van der Waals surface area contributed by atoms with Gasteiger partial charge in [0, 0.05) is 4.88 Å². The number of benzene rings is 1. The van der Waals surface area contributed by atoms with E-state index in [4.69, 9.17) is 9.15 Å². The lowest BCUT2D eigenvalue weighted by Crippen LogP contribution is -2.40.